The van der Waals surface area contributed by atoms with Crippen molar-refractivity contribution in [1.29, 1.82) is 0 Å². The Balaban J connectivity index is 2.24. The van der Waals surface area contributed by atoms with E-state index in [2.05, 4.69) is 17.1 Å². The molecule has 0 N–H and O–H groups in total. The summed E-state index contributed by atoms with van der Waals surface area (Å²) in [5.74, 6) is 0. The number of hydrogen-bond donors (Lipinski definition) is 0. The van der Waals surface area contributed by atoms with E-state index in [9.17, 15) is 0 Å². The van der Waals surface area contributed by atoms with E-state index in [4.69, 9.17) is 11.6 Å². The van der Waals surface area contributed by atoms with E-state index in [-0.39, 0.29) is 0 Å². The minimum absolute atomic E-state index is 0.657. The number of hydrogen-bond acceptors (Lipinski definition) is 2. The van der Waals surface area contributed by atoms with E-state index >= 15 is 0 Å². The van der Waals surface area contributed by atoms with Crippen LogP contribution in [0.1, 0.15) is 5.56 Å². The molecule has 0 unspecified atom stereocenters. The summed E-state index contributed by atoms with van der Waals surface area (Å²) in [5, 5.41) is 10.0. The lowest BCUT2D eigenvalue weighted by Crippen LogP contribution is -1.91. The number of rotatable bonds is 1. The lowest BCUT2D eigenvalue weighted by molar-refractivity contribution is 1.08. The van der Waals surface area contributed by atoms with E-state index in [1.165, 1.54) is 5.56 Å². The maximum atomic E-state index is 6.41. The van der Waals surface area contributed by atoms with Gasteiger partial charge in [-0.05, 0) is 13.0 Å². The number of aryl methyl sites for hydroxylation is 1. The van der Waals surface area contributed by atoms with Crippen LogP contribution in [0.3, 0.4) is 0 Å². The lowest BCUT2D eigenvalue weighted by atomic mass is 10.1. The van der Waals surface area contributed by atoms with Gasteiger partial charge in [0.2, 0.25) is 0 Å². The molecular formula is C15H11ClN2. The van der Waals surface area contributed by atoms with Crippen LogP contribution in [0.2, 0.25) is 5.02 Å². The Bertz CT molecular complexity index is 705. The fraction of sp³-hybridized carbons (Fsp3) is 0.0667. The van der Waals surface area contributed by atoms with Crippen molar-refractivity contribution in [3.63, 3.8) is 0 Å². The third-order valence-electron chi connectivity index (χ3n) is 2.93. The first-order valence-corrected chi connectivity index (χ1v) is 6.11. The average molecular weight is 255 g/mol. The quantitative estimate of drug-likeness (QED) is 0.648. The van der Waals surface area contributed by atoms with Crippen LogP contribution in [0.25, 0.3) is 22.2 Å². The van der Waals surface area contributed by atoms with Crippen molar-refractivity contribution in [3.8, 4) is 11.3 Å². The highest BCUT2D eigenvalue weighted by Gasteiger charge is 2.09. The number of nitrogens with zero attached hydrogens (tertiary/aromatic N) is 2. The van der Waals surface area contributed by atoms with Crippen molar-refractivity contribution < 1.29 is 0 Å². The van der Waals surface area contributed by atoms with Gasteiger partial charge in [-0.2, -0.15) is 0 Å². The summed E-state index contributed by atoms with van der Waals surface area (Å²) in [7, 11) is 0. The van der Waals surface area contributed by atoms with Gasteiger partial charge in [0.25, 0.3) is 0 Å². The molecule has 3 rings (SSSR count). The van der Waals surface area contributed by atoms with Crippen LogP contribution in [0.4, 0.5) is 0 Å². The molecule has 0 atom stereocenters. The Labute approximate surface area is 110 Å². The monoisotopic (exact) mass is 254 g/mol. The van der Waals surface area contributed by atoms with E-state index in [0.717, 1.165) is 22.2 Å². The fourth-order valence-electron chi connectivity index (χ4n) is 1.92. The molecule has 0 amide bonds. The summed E-state index contributed by atoms with van der Waals surface area (Å²) in [4.78, 5) is 0. The molecule has 0 fully saturated rings. The van der Waals surface area contributed by atoms with Crippen molar-refractivity contribution >= 4 is 22.5 Å². The molecule has 0 bridgehead atoms. The predicted molar refractivity (Wildman–Crippen MR) is 74.7 cm³/mol. The summed E-state index contributed by atoms with van der Waals surface area (Å²) >= 11 is 6.41. The zero-order valence-corrected chi connectivity index (χ0v) is 10.6. The number of aromatic nitrogens is 2. The van der Waals surface area contributed by atoms with Gasteiger partial charge in [-0.3, -0.25) is 0 Å². The first-order chi connectivity index (χ1) is 8.75. The van der Waals surface area contributed by atoms with E-state index < -0.39 is 0 Å². The molecule has 0 saturated carbocycles. The first kappa shape index (κ1) is 11.2. The van der Waals surface area contributed by atoms with Crippen LogP contribution in [0, 0.1) is 6.92 Å². The molecule has 1 heterocycles. The minimum atomic E-state index is 0.657. The van der Waals surface area contributed by atoms with Crippen molar-refractivity contribution in [3.05, 3.63) is 59.1 Å². The molecule has 0 aliphatic heterocycles. The molecule has 2 nitrogen and oxygen atoms in total. The second-order valence-electron chi connectivity index (χ2n) is 4.25. The summed E-state index contributed by atoms with van der Waals surface area (Å²) in [6.45, 7) is 2.05. The van der Waals surface area contributed by atoms with E-state index in [0.29, 0.717) is 5.02 Å². The van der Waals surface area contributed by atoms with Crippen LogP contribution < -0.4 is 0 Å². The van der Waals surface area contributed by atoms with Gasteiger partial charge in [-0.1, -0.05) is 59.6 Å². The smallest absolute Gasteiger partial charge is 0.112 e. The Kier molecular flexibility index (Phi) is 2.73. The van der Waals surface area contributed by atoms with Crippen molar-refractivity contribution in [1.82, 2.24) is 10.2 Å². The molecule has 18 heavy (non-hydrogen) atoms. The molecule has 0 aliphatic rings. The molecular weight excluding hydrogens is 244 g/mol. The van der Waals surface area contributed by atoms with Crippen molar-refractivity contribution in [2.45, 2.75) is 6.92 Å². The van der Waals surface area contributed by atoms with Crippen molar-refractivity contribution in [2.75, 3.05) is 0 Å². The van der Waals surface area contributed by atoms with Crippen LogP contribution in [0.5, 0.6) is 0 Å². The summed E-state index contributed by atoms with van der Waals surface area (Å²) < 4.78 is 0. The zero-order chi connectivity index (χ0) is 12.5. The third kappa shape index (κ3) is 1.85. The van der Waals surface area contributed by atoms with Gasteiger partial charge in [-0.15, -0.1) is 10.2 Å². The second kappa shape index (κ2) is 4.39. The molecule has 88 valence electrons. The molecule has 2 aromatic carbocycles. The van der Waals surface area contributed by atoms with Crippen LogP contribution in [-0.4, -0.2) is 10.2 Å². The largest absolute Gasteiger partial charge is 0.150 e. The normalized spacial score (nSPS) is 10.8. The molecule has 1 aromatic heterocycles. The predicted octanol–water partition coefficient (Wildman–Crippen LogP) is 4.26. The maximum Gasteiger partial charge on any atom is 0.112 e. The highest BCUT2D eigenvalue weighted by Crippen LogP contribution is 2.30. The van der Waals surface area contributed by atoms with Gasteiger partial charge in [0, 0.05) is 10.9 Å². The molecule has 0 aliphatic carbocycles. The SMILES string of the molecule is Cc1ccc(-c2nnc3ccccc3c2Cl)cc1. The Hall–Kier alpha value is -1.93. The number of halogens is 1. The molecule has 3 heteroatoms. The summed E-state index contributed by atoms with van der Waals surface area (Å²) in [5.41, 5.74) is 3.75. The first-order valence-electron chi connectivity index (χ1n) is 5.73. The Morgan fingerprint density at radius 2 is 1.61 bits per heavy atom. The van der Waals surface area contributed by atoms with E-state index in [1.807, 2.05) is 48.5 Å². The number of benzene rings is 2. The van der Waals surface area contributed by atoms with Gasteiger partial charge in [-0.25, -0.2) is 0 Å². The summed E-state index contributed by atoms with van der Waals surface area (Å²) in [6.07, 6.45) is 0. The molecule has 0 spiro atoms. The van der Waals surface area contributed by atoms with Gasteiger partial charge in [0.15, 0.2) is 0 Å². The maximum absolute atomic E-state index is 6.41. The van der Waals surface area contributed by atoms with Crippen molar-refractivity contribution in [2.24, 2.45) is 0 Å². The summed E-state index contributed by atoms with van der Waals surface area (Å²) in [6, 6.07) is 15.9. The van der Waals surface area contributed by atoms with Crippen LogP contribution in [0.15, 0.2) is 48.5 Å². The average Bonchev–Trinajstić information content (AvgIpc) is 2.41. The van der Waals surface area contributed by atoms with Gasteiger partial charge in [0.05, 0.1) is 10.5 Å². The topological polar surface area (TPSA) is 25.8 Å². The van der Waals surface area contributed by atoms with Crippen LogP contribution in [-0.2, 0) is 0 Å². The zero-order valence-electron chi connectivity index (χ0n) is 9.89. The Morgan fingerprint density at radius 1 is 0.889 bits per heavy atom. The number of fused-ring (bicyclic) bond motifs is 1. The van der Waals surface area contributed by atoms with Gasteiger partial charge in [0.1, 0.15) is 5.69 Å². The van der Waals surface area contributed by atoms with E-state index in [1.54, 1.807) is 0 Å². The second-order valence-corrected chi connectivity index (χ2v) is 4.62. The standard InChI is InChI=1S/C15H11ClN2/c1-10-6-8-11(9-7-10)15-14(16)12-4-2-3-5-13(12)17-18-15/h2-9H,1H3. The van der Waals surface area contributed by atoms with Crippen LogP contribution >= 0.6 is 11.6 Å². The Morgan fingerprint density at radius 3 is 2.39 bits per heavy atom. The highest BCUT2D eigenvalue weighted by atomic mass is 35.5. The third-order valence-corrected chi connectivity index (χ3v) is 3.31. The fourth-order valence-corrected chi connectivity index (χ4v) is 2.22. The lowest BCUT2D eigenvalue weighted by Gasteiger charge is -2.06. The molecule has 3 aromatic rings. The van der Waals surface area contributed by atoms with Gasteiger partial charge < -0.3 is 0 Å². The molecule has 0 radical (unpaired) electrons. The van der Waals surface area contributed by atoms with Gasteiger partial charge >= 0.3 is 0 Å². The minimum Gasteiger partial charge on any atom is -0.150 e. The molecule has 0 saturated heterocycles. The highest BCUT2D eigenvalue weighted by molar-refractivity contribution is 6.37.